The average molecular weight is 503 g/mol. The molecule has 0 bridgehead atoms. The highest BCUT2D eigenvalue weighted by atomic mass is 127. The molecule has 2 rings (SSSR count). The number of hydrogen-bond donors (Lipinski definition) is 2. The molecule has 1 aromatic rings. The van der Waals surface area contributed by atoms with Gasteiger partial charge in [-0.15, -0.1) is 24.0 Å². The second kappa shape index (κ2) is 13.5. The van der Waals surface area contributed by atoms with Crippen molar-refractivity contribution >= 4 is 41.8 Å². The monoisotopic (exact) mass is 503 g/mol. The number of aliphatic imine (C=N–C) groups is 1. The molecule has 28 heavy (non-hydrogen) atoms. The highest BCUT2D eigenvalue weighted by Gasteiger charge is 2.22. The maximum absolute atomic E-state index is 12.5. The Bertz CT molecular complexity index is 589. The summed E-state index contributed by atoms with van der Waals surface area (Å²) in [6, 6.07) is 1.81. The number of piperazine rings is 1. The van der Waals surface area contributed by atoms with E-state index in [1.807, 2.05) is 17.9 Å². The molecule has 158 valence electrons. The number of carbonyl (C=O) groups is 1. The van der Waals surface area contributed by atoms with Gasteiger partial charge in [0.05, 0.1) is 0 Å². The van der Waals surface area contributed by atoms with Crippen molar-refractivity contribution in [2.24, 2.45) is 10.9 Å². The fourth-order valence-electron chi connectivity index (χ4n) is 2.83. The van der Waals surface area contributed by atoms with Crippen molar-refractivity contribution in [2.75, 3.05) is 50.7 Å². The maximum Gasteiger partial charge on any atom is 0.225 e. The Morgan fingerprint density at radius 3 is 2.46 bits per heavy atom. The maximum atomic E-state index is 12.5. The summed E-state index contributed by atoms with van der Waals surface area (Å²) < 4.78 is 0. The second-order valence-electron chi connectivity index (χ2n) is 7.04. The lowest BCUT2D eigenvalue weighted by Crippen LogP contribution is -2.50. The largest absolute Gasteiger partial charge is 0.357 e. The Morgan fingerprint density at radius 2 is 1.86 bits per heavy atom. The number of guanidine groups is 1. The summed E-state index contributed by atoms with van der Waals surface area (Å²) >= 11 is 0. The van der Waals surface area contributed by atoms with E-state index in [0.717, 1.165) is 44.5 Å². The quantitative estimate of drug-likeness (QED) is 0.320. The van der Waals surface area contributed by atoms with Crippen LogP contribution in [0.25, 0.3) is 0 Å². The molecule has 8 nitrogen and oxygen atoms in total. The first kappa shape index (κ1) is 24.4. The van der Waals surface area contributed by atoms with Gasteiger partial charge in [-0.1, -0.05) is 13.8 Å². The normalized spacial score (nSPS) is 14.6. The summed E-state index contributed by atoms with van der Waals surface area (Å²) in [5.41, 5.74) is 0. The van der Waals surface area contributed by atoms with E-state index < -0.39 is 0 Å². The van der Waals surface area contributed by atoms with Crippen LogP contribution in [0.4, 0.5) is 5.95 Å². The summed E-state index contributed by atoms with van der Waals surface area (Å²) in [5.74, 6) is 2.34. The summed E-state index contributed by atoms with van der Waals surface area (Å²) in [6.45, 7) is 11.6. The molecule has 0 aliphatic carbocycles. The Morgan fingerprint density at radius 1 is 1.18 bits per heavy atom. The average Bonchev–Trinajstić information content (AvgIpc) is 2.68. The Hall–Kier alpha value is -1.65. The SMILES string of the molecule is CCNC(=NCCC(C)C)NCCC(=O)N1CCN(c2ncccn2)CC1.I. The number of nitrogens with one attached hydrogen (secondary N) is 2. The third-order valence-corrected chi connectivity index (χ3v) is 4.42. The summed E-state index contributed by atoms with van der Waals surface area (Å²) in [6.07, 6.45) is 5.02. The first-order valence-corrected chi connectivity index (χ1v) is 9.92. The third-order valence-electron chi connectivity index (χ3n) is 4.42. The summed E-state index contributed by atoms with van der Waals surface area (Å²) in [7, 11) is 0. The number of nitrogens with zero attached hydrogens (tertiary/aromatic N) is 5. The minimum absolute atomic E-state index is 0. The van der Waals surface area contributed by atoms with E-state index in [1.165, 1.54) is 0 Å². The van der Waals surface area contributed by atoms with E-state index in [-0.39, 0.29) is 29.9 Å². The van der Waals surface area contributed by atoms with Gasteiger partial charge in [0, 0.05) is 64.6 Å². The van der Waals surface area contributed by atoms with Gasteiger partial charge >= 0.3 is 0 Å². The molecule has 0 spiro atoms. The highest BCUT2D eigenvalue weighted by Crippen LogP contribution is 2.10. The molecule has 0 saturated carbocycles. The van der Waals surface area contributed by atoms with Crippen LogP contribution in [0.1, 0.15) is 33.6 Å². The van der Waals surface area contributed by atoms with Gasteiger partial charge in [0.15, 0.2) is 5.96 Å². The smallest absolute Gasteiger partial charge is 0.225 e. The zero-order valence-corrected chi connectivity index (χ0v) is 19.6. The van der Waals surface area contributed by atoms with Crippen molar-refractivity contribution in [3.05, 3.63) is 18.5 Å². The molecule has 0 atom stereocenters. The molecule has 1 aromatic heterocycles. The van der Waals surface area contributed by atoms with Crippen LogP contribution in [0.2, 0.25) is 0 Å². The van der Waals surface area contributed by atoms with Crippen LogP contribution >= 0.6 is 24.0 Å². The van der Waals surface area contributed by atoms with Gasteiger partial charge < -0.3 is 20.4 Å². The lowest BCUT2D eigenvalue weighted by molar-refractivity contribution is -0.131. The van der Waals surface area contributed by atoms with Crippen molar-refractivity contribution < 1.29 is 4.79 Å². The molecule has 9 heteroatoms. The van der Waals surface area contributed by atoms with Crippen LogP contribution in [-0.2, 0) is 4.79 Å². The predicted molar refractivity (Wildman–Crippen MR) is 124 cm³/mol. The van der Waals surface area contributed by atoms with Crippen LogP contribution in [0.3, 0.4) is 0 Å². The molecule has 1 aliphatic rings. The molecular weight excluding hydrogens is 469 g/mol. The summed E-state index contributed by atoms with van der Waals surface area (Å²) in [4.78, 5) is 29.6. The molecular formula is C19H34IN7O. The van der Waals surface area contributed by atoms with E-state index >= 15 is 0 Å². The van der Waals surface area contributed by atoms with Crippen molar-refractivity contribution in [3.63, 3.8) is 0 Å². The van der Waals surface area contributed by atoms with Gasteiger partial charge in [0.2, 0.25) is 11.9 Å². The lowest BCUT2D eigenvalue weighted by Gasteiger charge is -2.34. The first-order chi connectivity index (χ1) is 13.1. The molecule has 0 radical (unpaired) electrons. The van der Waals surface area contributed by atoms with Crippen molar-refractivity contribution in [1.29, 1.82) is 0 Å². The first-order valence-electron chi connectivity index (χ1n) is 9.92. The number of hydrogen-bond acceptors (Lipinski definition) is 5. The fourth-order valence-corrected chi connectivity index (χ4v) is 2.83. The third kappa shape index (κ3) is 8.57. The Labute approximate surface area is 185 Å². The van der Waals surface area contributed by atoms with Gasteiger partial charge in [0.25, 0.3) is 0 Å². The molecule has 2 N–H and O–H groups in total. The van der Waals surface area contributed by atoms with Crippen molar-refractivity contribution in [1.82, 2.24) is 25.5 Å². The van der Waals surface area contributed by atoms with E-state index in [2.05, 4.69) is 44.3 Å². The number of carbonyl (C=O) groups excluding carboxylic acids is 1. The minimum Gasteiger partial charge on any atom is -0.357 e. The van der Waals surface area contributed by atoms with Crippen LogP contribution < -0.4 is 15.5 Å². The summed E-state index contributed by atoms with van der Waals surface area (Å²) in [5, 5.41) is 6.49. The topological polar surface area (TPSA) is 85.8 Å². The zero-order valence-electron chi connectivity index (χ0n) is 17.2. The Balaban J connectivity index is 0.00000392. The molecule has 0 aromatic carbocycles. The number of aromatic nitrogens is 2. The van der Waals surface area contributed by atoms with Crippen LogP contribution in [-0.4, -0.2) is 72.5 Å². The molecule has 0 unspecified atom stereocenters. The van der Waals surface area contributed by atoms with Gasteiger partial charge in [-0.25, -0.2) is 9.97 Å². The number of rotatable bonds is 8. The van der Waals surface area contributed by atoms with Gasteiger partial charge in [0.1, 0.15) is 0 Å². The van der Waals surface area contributed by atoms with Gasteiger partial charge in [-0.2, -0.15) is 0 Å². The Kier molecular flexibility index (Phi) is 11.8. The molecule has 1 saturated heterocycles. The van der Waals surface area contributed by atoms with E-state index in [0.29, 0.717) is 32.0 Å². The van der Waals surface area contributed by atoms with Crippen LogP contribution in [0.5, 0.6) is 0 Å². The number of halogens is 1. The van der Waals surface area contributed by atoms with Crippen molar-refractivity contribution in [3.8, 4) is 0 Å². The van der Waals surface area contributed by atoms with Gasteiger partial charge in [-0.05, 0) is 25.3 Å². The fraction of sp³-hybridized carbons (Fsp3) is 0.684. The zero-order chi connectivity index (χ0) is 19.5. The van der Waals surface area contributed by atoms with Crippen LogP contribution in [0.15, 0.2) is 23.5 Å². The van der Waals surface area contributed by atoms with E-state index in [4.69, 9.17) is 0 Å². The van der Waals surface area contributed by atoms with E-state index in [9.17, 15) is 4.79 Å². The minimum atomic E-state index is 0. The van der Waals surface area contributed by atoms with E-state index in [1.54, 1.807) is 12.4 Å². The number of anilines is 1. The standard InChI is InChI=1S/C19H33N7O.HI/c1-4-20-18(21-10-6-16(2)3)22-11-7-17(27)25-12-14-26(15-13-25)19-23-8-5-9-24-19;/h5,8-9,16H,4,6-7,10-15H2,1-3H3,(H2,20,21,22);1H. The highest BCUT2D eigenvalue weighted by molar-refractivity contribution is 14.0. The predicted octanol–water partition coefficient (Wildman–Crippen LogP) is 1.73. The molecule has 1 amide bonds. The lowest BCUT2D eigenvalue weighted by atomic mass is 10.1. The van der Waals surface area contributed by atoms with Gasteiger partial charge in [-0.3, -0.25) is 9.79 Å². The molecule has 1 aliphatic heterocycles. The van der Waals surface area contributed by atoms with Crippen molar-refractivity contribution in [2.45, 2.75) is 33.6 Å². The molecule has 2 heterocycles. The number of amides is 1. The molecule has 1 fully saturated rings. The second-order valence-corrected chi connectivity index (χ2v) is 7.04. The van der Waals surface area contributed by atoms with Crippen LogP contribution in [0, 0.1) is 5.92 Å².